The van der Waals surface area contributed by atoms with Gasteiger partial charge in [-0.3, -0.25) is 9.48 Å². The van der Waals surface area contributed by atoms with Gasteiger partial charge >= 0.3 is 0 Å². The second-order valence-electron chi connectivity index (χ2n) is 6.82. The average molecular weight is 337 g/mol. The molecule has 0 aliphatic carbocycles. The smallest absolute Gasteiger partial charge is 0.223 e. The SMILES string of the molecule is Cc1cnn(C[C@@H]2CCCN2C(=O)CCc2nc3ccccc3[nH]2)c1. The van der Waals surface area contributed by atoms with E-state index >= 15 is 0 Å². The maximum atomic E-state index is 12.7. The molecule has 1 saturated heterocycles. The van der Waals surface area contributed by atoms with E-state index in [0.717, 1.165) is 48.4 Å². The first-order valence-electron chi connectivity index (χ1n) is 8.91. The fourth-order valence-corrected chi connectivity index (χ4v) is 3.63. The number of nitrogens with one attached hydrogen (secondary N) is 1. The molecule has 0 spiro atoms. The number of likely N-dealkylation sites (tertiary alicyclic amines) is 1. The Balaban J connectivity index is 1.37. The number of fused-ring (bicyclic) bond motifs is 1. The van der Waals surface area contributed by atoms with E-state index in [0.29, 0.717) is 12.8 Å². The number of benzene rings is 1. The minimum Gasteiger partial charge on any atom is -0.342 e. The number of aromatic amines is 1. The number of carbonyl (C=O) groups excluding carboxylic acids is 1. The van der Waals surface area contributed by atoms with Gasteiger partial charge in [0.1, 0.15) is 5.82 Å². The fraction of sp³-hybridized carbons (Fsp3) is 0.421. The number of para-hydroxylation sites is 2. The largest absolute Gasteiger partial charge is 0.342 e. The zero-order chi connectivity index (χ0) is 17.2. The monoisotopic (exact) mass is 337 g/mol. The highest BCUT2D eigenvalue weighted by molar-refractivity contribution is 5.78. The summed E-state index contributed by atoms with van der Waals surface area (Å²) in [5.74, 6) is 1.10. The summed E-state index contributed by atoms with van der Waals surface area (Å²) in [6.07, 6.45) is 7.17. The Morgan fingerprint density at radius 2 is 2.24 bits per heavy atom. The van der Waals surface area contributed by atoms with Crippen LogP contribution in [-0.2, 0) is 17.8 Å². The van der Waals surface area contributed by atoms with Gasteiger partial charge in [-0.2, -0.15) is 5.10 Å². The molecule has 3 heterocycles. The van der Waals surface area contributed by atoms with Crippen LogP contribution in [0.15, 0.2) is 36.7 Å². The number of amides is 1. The second kappa shape index (κ2) is 6.70. The first kappa shape index (κ1) is 15.9. The summed E-state index contributed by atoms with van der Waals surface area (Å²) in [5, 5.41) is 4.35. The first-order valence-corrected chi connectivity index (χ1v) is 8.91. The molecule has 1 atom stereocenters. The van der Waals surface area contributed by atoms with E-state index in [1.165, 1.54) is 0 Å². The van der Waals surface area contributed by atoms with Gasteiger partial charge in [0.2, 0.25) is 5.91 Å². The Hall–Kier alpha value is -2.63. The lowest BCUT2D eigenvalue weighted by Gasteiger charge is -2.24. The maximum absolute atomic E-state index is 12.7. The van der Waals surface area contributed by atoms with Crippen molar-refractivity contribution in [2.75, 3.05) is 6.54 Å². The van der Waals surface area contributed by atoms with Crippen molar-refractivity contribution in [1.82, 2.24) is 24.6 Å². The average Bonchev–Trinajstić information content (AvgIpc) is 3.32. The molecule has 6 nitrogen and oxygen atoms in total. The third-order valence-corrected chi connectivity index (χ3v) is 4.87. The first-order chi connectivity index (χ1) is 12.2. The van der Waals surface area contributed by atoms with Gasteiger partial charge in [-0.15, -0.1) is 0 Å². The van der Waals surface area contributed by atoms with Crippen LogP contribution in [0.5, 0.6) is 0 Å². The normalized spacial score (nSPS) is 17.5. The van der Waals surface area contributed by atoms with Crippen molar-refractivity contribution in [2.45, 2.75) is 45.2 Å². The lowest BCUT2D eigenvalue weighted by atomic mass is 10.2. The molecular formula is C19H23N5O. The molecule has 1 aromatic carbocycles. The highest BCUT2D eigenvalue weighted by Crippen LogP contribution is 2.21. The molecule has 0 unspecified atom stereocenters. The highest BCUT2D eigenvalue weighted by atomic mass is 16.2. The minimum absolute atomic E-state index is 0.215. The molecule has 130 valence electrons. The number of aromatic nitrogens is 4. The standard InChI is InChI=1S/C19H23N5O/c1-14-11-20-23(12-14)13-15-5-4-10-24(15)19(25)9-8-18-21-16-6-2-3-7-17(16)22-18/h2-3,6-7,11-12,15H,4-5,8-10,13H2,1H3,(H,21,22)/t15-/m0/s1. The number of hydrogen-bond donors (Lipinski definition) is 1. The number of imidazole rings is 1. The van der Waals surface area contributed by atoms with E-state index < -0.39 is 0 Å². The van der Waals surface area contributed by atoms with Crippen molar-refractivity contribution in [2.24, 2.45) is 0 Å². The van der Waals surface area contributed by atoms with Gasteiger partial charge in [0.25, 0.3) is 0 Å². The van der Waals surface area contributed by atoms with Crippen LogP contribution < -0.4 is 0 Å². The summed E-state index contributed by atoms with van der Waals surface area (Å²) in [7, 11) is 0. The zero-order valence-corrected chi connectivity index (χ0v) is 14.5. The van der Waals surface area contributed by atoms with Crippen molar-refractivity contribution < 1.29 is 4.79 Å². The Bertz CT molecular complexity index is 848. The van der Waals surface area contributed by atoms with Crippen LogP contribution in [0.1, 0.15) is 30.7 Å². The molecule has 1 fully saturated rings. The van der Waals surface area contributed by atoms with Crippen LogP contribution in [0.2, 0.25) is 0 Å². The summed E-state index contributed by atoms with van der Waals surface area (Å²) < 4.78 is 1.95. The van der Waals surface area contributed by atoms with Gasteiger partial charge in [-0.25, -0.2) is 4.98 Å². The van der Waals surface area contributed by atoms with Crippen LogP contribution in [0.25, 0.3) is 11.0 Å². The van der Waals surface area contributed by atoms with E-state index in [9.17, 15) is 4.79 Å². The Labute approximate surface area is 146 Å². The quantitative estimate of drug-likeness (QED) is 0.778. The van der Waals surface area contributed by atoms with Crippen molar-refractivity contribution in [3.05, 3.63) is 48.0 Å². The molecule has 1 aliphatic rings. The third kappa shape index (κ3) is 3.43. The molecule has 0 saturated carbocycles. The number of carbonyl (C=O) groups is 1. The van der Waals surface area contributed by atoms with Gasteiger partial charge < -0.3 is 9.88 Å². The van der Waals surface area contributed by atoms with Crippen molar-refractivity contribution in [3.63, 3.8) is 0 Å². The lowest BCUT2D eigenvalue weighted by Crippen LogP contribution is -2.38. The van der Waals surface area contributed by atoms with Crippen molar-refractivity contribution in [1.29, 1.82) is 0 Å². The Kier molecular flexibility index (Phi) is 4.26. The molecule has 6 heteroatoms. The van der Waals surface area contributed by atoms with Gasteiger partial charge in [0.05, 0.1) is 29.8 Å². The molecule has 0 radical (unpaired) electrons. The predicted octanol–water partition coefficient (Wildman–Crippen LogP) is 2.69. The van der Waals surface area contributed by atoms with Crippen molar-refractivity contribution >= 4 is 16.9 Å². The van der Waals surface area contributed by atoms with Gasteiger partial charge in [-0.05, 0) is 37.5 Å². The molecule has 1 N–H and O–H groups in total. The van der Waals surface area contributed by atoms with Gasteiger partial charge in [-0.1, -0.05) is 12.1 Å². The van der Waals surface area contributed by atoms with Crippen LogP contribution in [0.4, 0.5) is 0 Å². The molecule has 4 rings (SSSR count). The van der Waals surface area contributed by atoms with Crippen LogP contribution in [0, 0.1) is 6.92 Å². The van der Waals surface area contributed by atoms with Gasteiger partial charge in [0.15, 0.2) is 0 Å². The number of H-pyrrole nitrogens is 1. The van der Waals surface area contributed by atoms with E-state index in [1.54, 1.807) is 0 Å². The zero-order valence-electron chi connectivity index (χ0n) is 14.5. The summed E-state index contributed by atoms with van der Waals surface area (Å²) in [6, 6.07) is 8.21. The lowest BCUT2D eigenvalue weighted by molar-refractivity contribution is -0.132. The van der Waals surface area contributed by atoms with Gasteiger partial charge in [0, 0.05) is 25.6 Å². The summed E-state index contributed by atoms with van der Waals surface area (Å²) in [6.45, 7) is 3.67. The Morgan fingerprint density at radius 3 is 3.04 bits per heavy atom. The van der Waals surface area contributed by atoms with E-state index in [1.807, 2.05) is 53.2 Å². The van der Waals surface area contributed by atoms with E-state index in [2.05, 4.69) is 15.1 Å². The third-order valence-electron chi connectivity index (χ3n) is 4.87. The molecule has 2 aromatic heterocycles. The number of rotatable bonds is 5. The summed E-state index contributed by atoms with van der Waals surface area (Å²) in [4.78, 5) is 22.6. The van der Waals surface area contributed by atoms with Crippen LogP contribution in [0.3, 0.4) is 0 Å². The highest BCUT2D eigenvalue weighted by Gasteiger charge is 2.28. The molecule has 1 aliphatic heterocycles. The summed E-state index contributed by atoms with van der Waals surface area (Å²) >= 11 is 0. The maximum Gasteiger partial charge on any atom is 0.223 e. The molecule has 1 amide bonds. The number of nitrogens with zero attached hydrogens (tertiary/aromatic N) is 4. The van der Waals surface area contributed by atoms with Crippen LogP contribution >= 0.6 is 0 Å². The topological polar surface area (TPSA) is 66.8 Å². The molecule has 25 heavy (non-hydrogen) atoms. The van der Waals surface area contributed by atoms with Crippen LogP contribution in [-0.4, -0.2) is 43.1 Å². The predicted molar refractivity (Wildman–Crippen MR) is 96.1 cm³/mol. The number of aryl methyl sites for hydroxylation is 2. The van der Waals surface area contributed by atoms with Crippen molar-refractivity contribution in [3.8, 4) is 0 Å². The van der Waals surface area contributed by atoms with E-state index in [-0.39, 0.29) is 11.9 Å². The Morgan fingerprint density at radius 1 is 1.36 bits per heavy atom. The summed E-state index contributed by atoms with van der Waals surface area (Å²) in [5.41, 5.74) is 3.14. The molecule has 0 bridgehead atoms. The molecular weight excluding hydrogens is 314 g/mol. The van der Waals surface area contributed by atoms with E-state index in [4.69, 9.17) is 0 Å². The fourth-order valence-electron chi connectivity index (χ4n) is 3.63. The number of hydrogen-bond acceptors (Lipinski definition) is 3. The molecule has 3 aromatic rings. The second-order valence-corrected chi connectivity index (χ2v) is 6.82. The minimum atomic E-state index is 0.215.